The molecule has 1 aromatic carbocycles. The number of rotatable bonds is 8. The number of ether oxygens (including phenoxy) is 1. The Kier molecular flexibility index (Phi) is 7.39. The van der Waals surface area contributed by atoms with Crippen LogP contribution in [0.4, 0.5) is 0 Å². The SMILES string of the molecule is COCCNCC(C)N(C)C(C)c1cccc(Cl)c1. The maximum absolute atomic E-state index is 6.05. The number of likely N-dealkylation sites (N-methyl/N-ethyl adjacent to an activating group) is 1. The third-order valence-corrected chi connectivity index (χ3v) is 3.80. The van der Waals surface area contributed by atoms with Gasteiger partial charge in [-0.15, -0.1) is 0 Å². The summed E-state index contributed by atoms with van der Waals surface area (Å²) in [6.45, 7) is 7.02. The van der Waals surface area contributed by atoms with E-state index in [2.05, 4.69) is 37.2 Å². The summed E-state index contributed by atoms with van der Waals surface area (Å²) in [4.78, 5) is 2.35. The van der Waals surface area contributed by atoms with Crippen LogP contribution in [0.25, 0.3) is 0 Å². The fourth-order valence-electron chi connectivity index (χ4n) is 2.01. The van der Waals surface area contributed by atoms with E-state index in [0.717, 1.165) is 24.7 Å². The van der Waals surface area contributed by atoms with Crippen molar-refractivity contribution < 1.29 is 4.74 Å². The van der Waals surface area contributed by atoms with Crippen molar-refractivity contribution in [1.82, 2.24) is 10.2 Å². The number of nitrogens with zero attached hydrogens (tertiary/aromatic N) is 1. The standard InChI is InChI=1S/C15H25ClN2O/c1-12(11-17-8-9-19-4)18(3)13(2)14-6-5-7-15(16)10-14/h5-7,10,12-13,17H,8-9,11H2,1-4H3. The molecule has 0 saturated carbocycles. The van der Waals surface area contributed by atoms with Crippen molar-refractivity contribution in [2.24, 2.45) is 0 Å². The predicted molar refractivity (Wildman–Crippen MR) is 81.8 cm³/mol. The molecule has 3 nitrogen and oxygen atoms in total. The molecule has 0 radical (unpaired) electrons. The Morgan fingerprint density at radius 3 is 2.74 bits per heavy atom. The van der Waals surface area contributed by atoms with Crippen molar-refractivity contribution in [2.75, 3.05) is 33.9 Å². The quantitative estimate of drug-likeness (QED) is 0.743. The molecule has 4 heteroatoms. The molecule has 0 amide bonds. The van der Waals surface area contributed by atoms with Crippen LogP contribution in [0.2, 0.25) is 5.02 Å². The summed E-state index contributed by atoms with van der Waals surface area (Å²) in [5.41, 5.74) is 1.25. The minimum Gasteiger partial charge on any atom is -0.383 e. The molecule has 0 aliphatic heterocycles. The van der Waals surface area contributed by atoms with Gasteiger partial charge >= 0.3 is 0 Å². The van der Waals surface area contributed by atoms with Crippen LogP contribution in [-0.4, -0.2) is 44.8 Å². The molecule has 0 fully saturated rings. The summed E-state index contributed by atoms with van der Waals surface area (Å²) in [6.07, 6.45) is 0. The molecule has 1 N–H and O–H groups in total. The Morgan fingerprint density at radius 2 is 2.11 bits per heavy atom. The Balaban J connectivity index is 2.49. The van der Waals surface area contributed by atoms with Gasteiger partial charge in [-0.2, -0.15) is 0 Å². The largest absolute Gasteiger partial charge is 0.383 e. The van der Waals surface area contributed by atoms with Gasteiger partial charge < -0.3 is 10.1 Å². The van der Waals surface area contributed by atoms with Crippen LogP contribution in [0.15, 0.2) is 24.3 Å². The van der Waals surface area contributed by atoms with E-state index in [1.54, 1.807) is 7.11 Å². The zero-order valence-electron chi connectivity index (χ0n) is 12.3. The van der Waals surface area contributed by atoms with Gasteiger partial charge in [0.25, 0.3) is 0 Å². The summed E-state index contributed by atoms with van der Waals surface area (Å²) in [5.74, 6) is 0. The van der Waals surface area contributed by atoms with Gasteiger partial charge in [0.05, 0.1) is 6.61 Å². The van der Waals surface area contributed by atoms with Gasteiger partial charge in [0.15, 0.2) is 0 Å². The molecule has 2 atom stereocenters. The van der Waals surface area contributed by atoms with E-state index in [4.69, 9.17) is 16.3 Å². The fraction of sp³-hybridized carbons (Fsp3) is 0.600. The summed E-state index contributed by atoms with van der Waals surface area (Å²) in [5, 5.41) is 4.19. The number of hydrogen-bond acceptors (Lipinski definition) is 3. The van der Waals surface area contributed by atoms with Crippen LogP contribution in [0.1, 0.15) is 25.5 Å². The van der Waals surface area contributed by atoms with Crippen LogP contribution in [0.5, 0.6) is 0 Å². The van der Waals surface area contributed by atoms with E-state index in [0.29, 0.717) is 12.1 Å². The molecule has 0 saturated heterocycles. The molecule has 2 unspecified atom stereocenters. The molecule has 0 bridgehead atoms. The maximum atomic E-state index is 6.05. The second kappa shape index (κ2) is 8.54. The first kappa shape index (κ1) is 16.4. The Bertz CT molecular complexity index is 373. The third-order valence-electron chi connectivity index (χ3n) is 3.56. The van der Waals surface area contributed by atoms with Gasteiger partial charge in [0.2, 0.25) is 0 Å². The second-order valence-corrected chi connectivity index (χ2v) is 5.38. The van der Waals surface area contributed by atoms with Crippen molar-refractivity contribution in [3.63, 3.8) is 0 Å². The van der Waals surface area contributed by atoms with Gasteiger partial charge in [-0.1, -0.05) is 23.7 Å². The van der Waals surface area contributed by atoms with Gasteiger partial charge in [0.1, 0.15) is 0 Å². The molecule has 1 aromatic rings. The fourth-order valence-corrected chi connectivity index (χ4v) is 2.21. The Hall–Kier alpha value is -0.610. The first-order valence-electron chi connectivity index (χ1n) is 6.73. The maximum Gasteiger partial charge on any atom is 0.0587 e. The number of nitrogens with one attached hydrogen (secondary N) is 1. The Morgan fingerprint density at radius 1 is 1.37 bits per heavy atom. The van der Waals surface area contributed by atoms with E-state index in [1.165, 1.54) is 5.56 Å². The van der Waals surface area contributed by atoms with Crippen molar-refractivity contribution in [1.29, 1.82) is 0 Å². The molecule has 19 heavy (non-hydrogen) atoms. The molecule has 0 aliphatic carbocycles. The first-order chi connectivity index (χ1) is 9.06. The smallest absolute Gasteiger partial charge is 0.0587 e. The average Bonchev–Trinajstić information content (AvgIpc) is 2.41. The summed E-state index contributed by atoms with van der Waals surface area (Å²) >= 11 is 6.05. The molecule has 0 aromatic heterocycles. The van der Waals surface area contributed by atoms with Crippen LogP contribution in [-0.2, 0) is 4.74 Å². The topological polar surface area (TPSA) is 24.5 Å². The molecule has 0 spiro atoms. The molecule has 0 heterocycles. The minimum absolute atomic E-state index is 0.345. The normalized spacial score (nSPS) is 14.6. The molecule has 1 rings (SSSR count). The zero-order valence-corrected chi connectivity index (χ0v) is 13.1. The summed E-state index contributed by atoms with van der Waals surface area (Å²) in [6, 6.07) is 8.87. The molecular formula is C15H25ClN2O. The highest BCUT2D eigenvalue weighted by Crippen LogP contribution is 2.23. The predicted octanol–water partition coefficient (Wildman–Crippen LogP) is 2.96. The van der Waals surface area contributed by atoms with Crippen molar-refractivity contribution in [3.8, 4) is 0 Å². The van der Waals surface area contributed by atoms with Gasteiger partial charge in [0, 0.05) is 37.3 Å². The number of methoxy groups -OCH3 is 1. The average molecular weight is 285 g/mol. The number of benzene rings is 1. The van der Waals surface area contributed by atoms with Crippen molar-refractivity contribution in [3.05, 3.63) is 34.9 Å². The van der Waals surface area contributed by atoms with E-state index >= 15 is 0 Å². The summed E-state index contributed by atoms with van der Waals surface area (Å²) in [7, 11) is 3.87. The monoisotopic (exact) mass is 284 g/mol. The number of hydrogen-bond donors (Lipinski definition) is 1. The van der Waals surface area contributed by atoms with Crippen LogP contribution in [0.3, 0.4) is 0 Å². The molecule has 0 aliphatic rings. The third kappa shape index (κ3) is 5.49. The van der Waals surface area contributed by atoms with Gasteiger partial charge in [-0.3, -0.25) is 4.90 Å². The highest BCUT2D eigenvalue weighted by atomic mass is 35.5. The minimum atomic E-state index is 0.345. The van der Waals surface area contributed by atoms with Crippen LogP contribution >= 0.6 is 11.6 Å². The van der Waals surface area contributed by atoms with Gasteiger partial charge in [-0.05, 0) is 38.6 Å². The second-order valence-electron chi connectivity index (χ2n) is 4.94. The lowest BCUT2D eigenvalue weighted by Crippen LogP contribution is -2.40. The summed E-state index contributed by atoms with van der Waals surface area (Å²) < 4.78 is 5.02. The highest BCUT2D eigenvalue weighted by molar-refractivity contribution is 6.30. The lowest BCUT2D eigenvalue weighted by Gasteiger charge is -2.31. The van der Waals surface area contributed by atoms with Crippen LogP contribution < -0.4 is 5.32 Å². The molecule has 108 valence electrons. The molecular weight excluding hydrogens is 260 g/mol. The van der Waals surface area contributed by atoms with Gasteiger partial charge in [-0.25, -0.2) is 0 Å². The van der Waals surface area contributed by atoms with Crippen molar-refractivity contribution >= 4 is 11.6 Å². The first-order valence-corrected chi connectivity index (χ1v) is 7.11. The lowest BCUT2D eigenvalue weighted by atomic mass is 10.1. The lowest BCUT2D eigenvalue weighted by molar-refractivity contribution is 0.177. The van der Waals surface area contributed by atoms with E-state index in [-0.39, 0.29) is 0 Å². The van der Waals surface area contributed by atoms with Crippen molar-refractivity contribution in [2.45, 2.75) is 25.9 Å². The van der Waals surface area contributed by atoms with E-state index < -0.39 is 0 Å². The van der Waals surface area contributed by atoms with E-state index in [9.17, 15) is 0 Å². The highest BCUT2D eigenvalue weighted by Gasteiger charge is 2.17. The zero-order chi connectivity index (χ0) is 14.3. The van der Waals surface area contributed by atoms with E-state index in [1.807, 2.05) is 18.2 Å². The Labute approximate surface area is 121 Å². The van der Waals surface area contributed by atoms with Crippen LogP contribution in [0, 0.1) is 0 Å². The number of halogens is 1.